The van der Waals surface area contributed by atoms with Crippen LogP contribution in [0.3, 0.4) is 0 Å². The number of nitrogens with zero attached hydrogens (tertiary/aromatic N) is 1. The van der Waals surface area contributed by atoms with Crippen molar-refractivity contribution in [1.29, 1.82) is 0 Å². The van der Waals surface area contributed by atoms with Gasteiger partial charge < -0.3 is 15.4 Å². The number of nitrogens with two attached hydrogens (primary N) is 1. The Bertz CT molecular complexity index is 600. The summed E-state index contributed by atoms with van der Waals surface area (Å²) in [5.41, 5.74) is 8.97. The summed E-state index contributed by atoms with van der Waals surface area (Å²) in [6, 6.07) is 13.7. The van der Waals surface area contributed by atoms with Gasteiger partial charge in [-0.05, 0) is 29.8 Å². The van der Waals surface area contributed by atoms with Gasteiger partial charge in [-0.1, -0.05) is 29.8 Å². The van der Waals surface area contributed by atoms with Gasteiger partial charge >= 0.3 is 0 Å². The van der Waals surface area contributed by atoms with Crippen LogP contribution in [0.5, 0.6) is 5.75 Å². The molecule has 0 saturated carbocycles. The zero-order chi connectivity index (χ0) is 13.2. The van der Waals surface area contributed by atoms with Crippen molar-refractivity contribution >= 4 is 23.0 Å². The van der Waals surface area contributed by atoms with Crippen molar-refractivity contribution in [2.45, 2.75) is 6.54 Å². The minimum atomic E-state index is 0.678. The number of fused-ring (bicyclic) bond motifs is 1. The fraction of sp³-hybridized carbons (Fsp3) is 0.200. The van der Waals surface area contributed by atoms with Crippen LogP contribution >= 0.6 is 11.6 Å². The van der Waals surface area contributed by atoms with E-state index >= 15 is 0 Å². The monoisotopic (exact) mass is 274 g/mol. The van der Waals surface area contributed by atoms with Crippen molar-refractivity contribution in [1.82, 2.24) is 0 Å². The quantitative estimate of drug-likeness (QED) is 0.854. The van der Waals surface area contributed by atoms with Crippen LogP contribution in [0.25, 0.3) is 0 Å². The van der Waals surface area contributed by atoms with Gasteiger partial charge in [-0.3, -0.25) is 0 Å². The van der Waals surface area contributed by atoms with Gasteiger partial charge in [-0.2, -0.15) is 0 Å². The van der Waals surface area contributed by atoms with Crippen LogP contribution in [-0.2, 0) is 6.54 Å². The standard InChI is InChI=1S/C15H15ClN2O/c16-12-4-1-3-11(9-12)10-18-7-8-19-14-6-2-5-13(17)15(14)18/h1-6,9H,7-8,10,17H2. The number of anilines is 2. The lowest BCUT2D eigenvalue weighted by atomic mass is 10.1. The van der Waals surface area contributed by atoms with E-state index in [9.17, 15) is 0 Å². The second-order valence-electron chi connectivity index (χ2n) is 4.59. The van der Waals surface area contributed by atoms with E-state index in [0.717, 1.165) is 35.2 Å². The Hall–Kier alpha value is -1.87. The molecule has 1 aliphatic rings. The van der Waals surface area contributed by atoms with Gasteiger partial charge in [0.25, 0.3) is 0 Å². The van der Waals surface area contributed by atoms with E-state index in [0.29, 0.717) is 6.61 Å². The smallest absolute Gasteiger partial charge is 0.144 e. The molecule has 0 spiro atoms. The number of hydrogen-bond acceptors (Lipinski definition) is 3. The molecule has 3 nitrogen and oxygen atoms in total. The molecule has 0 radical (unpaired) electrons. The highest BCUT2D eigenvalue weighted by molar-refractivity contribution is 6.30. The van der Waals surface area contributed by atoms with Gasteiger partial charge in [0, 0.05) is 11.6 Å². The lowest BCUT2D eigenvalue weighted by Gasteiger charge is -2.32. The van der Waals surface area contributed by atoms with Gasteiger partial charge in [0.2, 0.25) is 0 Å². The van der Waals surface area contributed by atoms with Gasteiger partial charge in [0.05, 0.1) is 12.2 Å². The summed E-state index contributed by atoms with van der Waals surface area (Å²) in [5.74, 6) is 0.855. The van der Waals surface area contributed by atoms with Gasteiger partial charge in [0.15, 0.2) is 0 Å². The number of nitrogen functional groups attached to an aromatic ring is 1. The minimum Gasteiger partial charge on any atom is -0.489 e. The highest BCUT2D eigenvalue weighted by Gasteiger charge is 2.20. The van der Waals surface area contributed by atoms with E-state index in [1.54, 1.807) is 0 Å². The zero-order valence-electron chi connectivity index (χ0n) is 10.5. The van der Waals surface area contributed by atoms with Crippen LogP contribution in [0, 0.1) is 0 Å². The predicted octanol–water partition coefficient (Wildman–Crippen LogP) is 3.32. The van der Waals surface area contributed by atoms with E-state index in [-0.39, 0.29) is 0 Å². The molecule has 0 unspecified atom stereocenters. The van der Waals surface area contributed by atoms with Crippen molar-refractivity contribution in [2.24, 2.45) is 0 Å². The Balaban J connectivity index is 1.92. The molecule has 0 atom stereocenters. The van der Waals surface area contributed by atoms with Gasteiger partial charge in [-0.25, -0.2) is 0 Å². The van der Waals surface area contributed by atoms with Crippen molar-refractivity contribution < 1.29 is 4.74 Å². The number of ether oxygens (including phenoxy) is 1. The third-order valence-electron chi connectivity index (χ3n) is 3.23. The van der Waals surface area contributed by atoms with Crippen molar-refractivity contribution in [3.63, 3.8) is 0 Å². The maximum absolute atomic E-state index is 6.07. The van der Waals surface area contributed by atoms with E-state index in [4.69, 9.17) is 22.1 Å². The maximum Gasteiger partial charge on any atom is 0.144 e. The zero-order valence-corrected chi connectivity index (χ0v) is 11.2. The number of para-hydroxylation sites is 1. The highest BCUT2D eigenvalue weighted by atomic mass is 35.5. The van der Waals surface area contributed by atoms with Crippen LogP contribution in [0.15, 0.2) is 42.5 Å². The SMILES string of the molecule is Nc1cccc2c1N(Cc1cccc(Cl)c1)CCO2. The lowest BCUT2D eigenvalue weighted by molar-refractivity contribution is 0.307. The normalized spacial score (nSPS) is 13.8. The molecule has 0 amide bonds. The Labute approximate surface area is 117 Å². The molecular weight excluding hydrogens is 260 g/mol. The first kappa shape index (κ1) is 12.2. The second-order valence-corrected chi connectivity index (χ2v) is 5.03. The first-order valence-corrected chi connectivity index (χ1v) is 6.62. The van der Waals surface area contributed by atoms with Crippen molar-refractivity contribution in [3.05, 3.63) is 53.1 Å². The van der Waals surface area contributed by atoms with Gasteiger partial charge in [-0.15, -0.1) is 0 Å². The molecule has 0 aromatic heterocycles. The largest absolute Gasteiger partial charge is 0.489 e. The number of benzene rings is 2. The summed E-state index contributed by atoms with van der Waals surface area (Å²) >= 11 is 6.03. The molecule has 4 heteroatoms. The molecule has 98 valence electrons. The Morgan fingerprint density at radius 3 is 2.89 bits per heavy atom. The Kier molecular flexibility index (Phi) is 3.22. The van der Waals surface area contributed by atoms with Crippen LogP contribution in [0.2, 0.25) is 5.02 Å². The fourth-order valence-electron chi connectivity index (χ4n) is 2.39. The topological polar surface area (TPSA) is 38.5 Å². The molecule has 2 aromatic carbocycles. The molecule has 0 fully saturated rings. The molecule has 2 aromatic rings. The van der Waals surface area contributed by atoms with Crippen molar-refractivity contribution in [2.75, 3.05) is 23.8 Å². The molecule has 0 aliphatic carbocycles. The molecule has 1 heterocycles. The highest BCUT2D eigenvalue weighted by Crippen LogP contribution is 2.37. The van der Waals surface area contributed by atoms with Crippen LogP contribution < -0.4 is 15.4 Å². The molecule has 3 rings (SSSR count). The molecule has 0 saturated heterocycles. The Morgan fingerprint density at radius 1 is 1.21 bits per heavy atom. The van der Waals surface area contributed by atoms with E-state index in [1.807, 2.05) is 36.4 Å². The summed E-state index contributed by atoms with van der Waals surface area (Å²) in [5, 5.41) is 0.756. The summed E-state index contributed by atoms with van der Waals surface area (Å²) in [7, 11) is 0. The average molecular weight is 275 g/mol. The second kappa shape index (κ2) is 5.02. The first-order valence-electron chi connectivity index (χ1n) is 6.25. The van der Waals surface area contributed by atoms with Crippen LogP contribution in [0.1, 0.15) is 5.56 Å². The summed E-state index contributed by atoms with van der Waals surface area (Å²) in [6.07, 6.45) is 0. The molecular formula is C15H15ClN2O. The summed E-state index contributed by atoms with van der Waals surface area (Å²) in [6.45, 7) is 2.29. The first-order chi connectivity index (χ1) is 9.24. The third-order valence-corrected chi connectivity index (χ3v) is 3.46. The molecule has 19 heavy (non-hydrogen) atoms. The van der Waals surface area contributed by atoms with Crippen LogP contribution in [0.4, 0.5) is 11.4 Å². The number of rotatable bonds is 2. The summed E-state index contributed by atoms with van der Waals surface area (Å²) in [4.78, 5) is 2.24. The van der Waals surface area contributed by atoms with Crippen molar-refractivity contribution in [3.8, 4) is 5.75 Å². The maximum atomic E-state index is 6.07. The van der Waals surface area contributed by atoms with Crippen LogP contribution in [-0.4, -0.2) is 13.2 Å². The molecule has 2 N–H and O–H groups in total. The van der Waals surface area contributed by atoms with E-state index < -0.39 is 0 Å². The van der Waals surface area contributed by atoms with Gasteiger partial charge in [0.1, 0.15) is 18.0 Å². The predicted molar refractivity (Wildman–Crippen MR) is 78.9 cm³/mol. The Morgan fingerprint density at radius 2 is 2.05 bits per heavy atom. The lowest BCUT2D eigenvalue weighted by Crippen LogP contribution is -2.32. The number of halogens is 1. The summed E-state index contributed by atoms with van der Waals surface area (Å²) < 4.78 is 5.65. The number of hydrogen-bond donors (Lipinski definition) is 1. The molecule has 0 bridgehead atoms. The fourth-order valence-corrected chi connectivity index (χ4v) is 2.60. The average Bonchev–Trinajstić information content (AvgIpc) is 2.39. The third kappa shape index (κ3) is 2.47. The van der Waals surface area contributed by atoms with E-state index in [2.05, 4.69) is 11.0 Å². The van der Waals surface area contributed by atoms with E-state index in [1.165, 1.54) is 5.56 Å². The minimum absolute atomic E-state index is 0.678. The molecule has 1 aliphatic heterocycles.